The van der Waals surface area contributed by atoms with Gasteiger partial charge in [-0.1, -0.05) is 11.6 Å². The predicted octanol–water partition coefficient (Wildman–Crippen LogP) is 5.34. The van der Waals surface area contributed by atoms with Crippen LogP contribution in [0.5, 0.6) is 11.5 Å². The highest BCUT2D eigenvalue weighted by molar-refractivity contribution is 7.98. The molecule has 0 unspecified atom stereocenters. The number of thioether (sulfide) groups is 1. The fourth-order valence-electron chi connectivity index (χ4n) is 5.86. The Bertz CT molecular complexity index is 1490. The molecule has 1 fully saturated rings. The van der Waals surface area contributed by atoms with Crippen molar-refractivity contribution in [2.75, 3.05) is 20.4 Å². The zero-order valence-corrected chi connectivity index (χ0v) is 23.8. The van der Waals surface area contributed by atoms with Gasteiger partial charge < -0.3 is 23.9 Å². The second kappa shape index (κ2) is 9.71. The third kappa shape index (κ3) is 4.47. The number of halogens is 1. The molecule has 0 radical (unpaired) electrons. The lowest BCUT2D eigenvalue weighted by Crippen LogP contribution is -2.46. The van der Waals surface area contributed by atoms with Gasteiger partial charge in [-0.3, -0.25) is 9.59 Å². The number of nitrogens with one attached hydrogen (secondary N) is 1. The maximum atomic E-state index is 13.7. The minimum Gasteiger partial charge on any atom is -0.448 e. The molecule has 37 heavy (non-hydrogen) atoms. The van der Waals surface area contributed by atoms with Crippen LogP contribution in [-0.2, 0) is 6.54 Å². The van der Waals surface area contributed by atoms with Gasteiger partial charge in [0.25, 0.3) is 16.9 Å². The lowest BCUT2D eigenvalue weighted by Gasteiger charge is -2.39. The molecule has 0 amide bonds. The van der Waals surface area contributed by atoms with Crippen LogP contribution in [0.4, 0.5) is 0 Å². The first-order chi connectivity index (χ1) is 17.5. The second-order valence-corrected chi connectivity index (χ2v) is 11.9. The Balaban J connectivity index is 1.53. The molecule has 2 aliphatic rings. The van der Waals surface area contributed by atoms with Gasteiger partial charge in [-0.25, -0.2) is 0 Å². The van der Waals surface area contributed by atoms with E-state index in [1.54, 1.807) is 10.8 Å². The van der Waals surface area contributed by atoms with Crippen LogP contribution < -0.4 is 20.6 Å². The molecule has 7 nitrogen and oxygen atoms in total. The molecule has 1 aliphatic carbocycles. The monoisotopic (exact) mass is 543 g/mol. The highest BCUT2D eigenvalue weighted by atomic mass is 35.5. The Morgan fingerprint density at radius 1 is 1.16 bits per heavy atom. The fourth-order valence-corrected chi connectivity index (χ4v) is 6.84. The van der Waals surface area contributed by atoms with Crippen molar-refractivity contribution in [1.82, 2.24) is 14.5 Å². The molecule has 0 saturated heterocycles. The van der Waals surface area contributed by atoms with Gasteiger partial charge in [0.05, 0.1) is 22.5 Å². The molecule has 0 spiro atoms. The number of rotatable bonds is 5. The van der Waals surface area contributed by atoms with Gasteiger partial charge in [0.15, 0.2) is 11.5 Å². The van der Waals surface area contributed by atoms with Gasteiger partial charge in [0.1, 0.15) is 0 Å². The summed E-state index contributed by atoms with van der Waals surface area (Å²) in [5, 5.41) is 1.51. The van der Waals surface area contributed by atoms with Gasteiger partial charge >= 0.3 is 0 Å². The number of hydrogen-bond donors (Lipinski definition) is 1. The van der Waals surface area contributed by atoms with E-state index >= 15 is 0 Å². The largest absolute Gasteiger partial charge is 0.448 e. The Morgan fingerprint density at radius 2 is 1.84 bits per heavy atom. The highest BCUT2D eigenvalue weighted by Gasteiger charge is 2.47. The number of hydrogen-bond acceptors (Lipinski definition) is 6. The number of pyridine rings is 2. The van der Waals surface area contributed by atoms with Crippen molar-refractivity contribution in [1.29, 1.82) is 0 Å². The van der Waals surface area contributed by atoms with Crippen LogP contribution in [0.25, 0.3) is 10.8 Å². The number of aromatic nitrogens is 2. The molecule has 1 saturated carbocycles. The van der Waals surface area contributed by atoms with Crippen molar-refractivity contribution in [2.45, 2.75) is 69.7 Å². The molecule has 0 bridgehead atoms. The van der Waals surface area contributed by atoms with E-state index < -0.39 is 5.79 Å². The summed E-state index contributed by atoms with van der Waals surface area (Å²) in [5.74, 6) is 0.458. The standard InChI is InChI=1S/C28H34ClN3O4S/c1-15-13-21(37-6)20(26(33)30-15)14-32-12-11-19-22(27(32)34)16(2)24-25(23(19)29)36-28(3,35-24)17-7-9-18(10-8-17)31(4)5/h11-13,17-18H,7-10,14H2,1-6H3,(H,30,33)/t17-,18-,28-/m0/s1. The number of aryl methyl sites for hydroxylation is 2. The van der Waals surface area contributed by atoms with Crippen molar-refractivity contribution in [3.8, 4) is 11.5 Å². The Labute approximate surface area is 226 Å². The SMILES string of the molecule is CSc1cc(C)[nH]c(=O)c1Cn1ccc2c(Cl)c3c(c(C)c2c1=O)O[C@](C)([C@H]1CC[C@H](N(C)C)CC1)O3. The highest BCUT2D eigenvalue weighted by Crippen LogP contribution is 2.53. The van der Waals surface area contributed by atoms with Crippen LogP contribution >= 0.6 is 23.4 Å². The van der Waals surface area contributed by atoms with Crippen LogP contribution in [-0.4, -0.2) is 46.6 Å². The zero-order chi connectivity index (χ0) is 26.6. The van der Waals surface area contributed by atoms with Crippen LogP contribution in [0.15, 0.2) is 32.8 Å². The molecule has 1 aliphatic heterocycles. The van der Waals surface area contributed by atoms with E-state index in [1.165, 1.54) is 11.8 Å². The first-order valence-electron chi connectivity index (χ1n) is 12.7. The van der Waals surface area contributed by atoms with Crippen molar-refractivity contribution in [3.63, 3.8) is 0 Å². The van der Waals surface area contributed by atoms with E-state index in [9.17, 15) is 9.59 Å². The van der Waals surface area contributed by atoms with Gasteiger partial charge in [-0.2, -0.15) is 0 Å². The average molecular weight is 544 g/mol. The minimum atomic E-state index is -0.827. The molecule has 1 atom stereocenters. The number of H-pyrrole nitrogens is 1. The topological polar surface area (TPSA) is 76.6 Å². The van der Waals surface area contributed by atoms with E-state index in [0.29, 0.717) is 44.5 Å². The van der Waals surface area contributed by atoms with Crippen molar-refractivity contribution in [2.24, 2.45) is 5.92 Å². The molecule has 1 N–H and O–H groups in total. The smallest absolute Gasteiger partial charge is 0.259 e. The molecular formula is C28H34ClN3O4S. The molecule has 3 aromatic rings. The van der Waals surface area contributed by atoms with Crippen LogP contribution in [0.1, 0.15) is 49.4 Å². The van der Waals surface area contributed by atoms with E-state index in [-0.39, 0.29) is 23.6 Å². The quantitative estimate of drug-likeness (QED) is 0.438. The fraction of sp³-hybridized carbons (Fsp3) is 0.500. The molecule has 1 aromatic carbocycles. The van der Waals surface area contributed by atoms with Crippen LogP contribution in [0.2, 0.25) is 5.02 Å². The number of nitrogens with zero attached hydrogens (tertiary/aromatic N) is 2. The summed E-state index contributed by atoms with van der Waals surface area (Å²) >= 11 is 8.34. The van der Waals surface area contributed by atoms with Crippen molar-refractivity contribution in [3.05, 3.63) is 60.9 Å². The first-order valence-corrected chi connectivity index (χ1v) is 14.3. The second-order valence-electron chi connectivity index (χ2n) is 10.7. The average Bonchev–Trinajstić information content (AvgIpc) is 3.24. The first kappa shape index (κ1) is 26.2. The van der Waals surface area contributed by atoms with Crippen LogP contribution in [0, 0.1) is 19.8 Å². The van der Waals surface area contributed by atoms with Gasteiger partial charge in [0.2, 0.25) is 0 Å². The number of benzene rings is 1. The zero-order valence-electron chi connectivity index (χ0n) is 22.2. The summed E-state index contributed by atoms with van der Waals surface area (Å²) in [6.45, 7) is 5.88. The maximum absolute atomic E-state index is 13.7. The summed E-state index contributed by atoms with van der Waals surface area (Å²) in [6.07, 6.45) is 7.80. The summed E-state index contributed by atoms with van der Waals surface area (Å²) in [6, 6.07) is 4.33. The van der Waals surface area contributed by atoms with E-state index in [4.69, 9.17) is 21.1 Å². The lowest BCUT2D eigenvalue weighted by molar-refractivity contribution is -0.123. The van der Waals surface area contributed by atoms with Gasteiger partial charge in [-0.05, 0) is 72.0 Å². The molecule has 9 heteroatoms. The summed E-state index contributed by atoms with van der Waals surface area (Å²) in [7, 11) is 4.26. The van der Waals surface area contributed by atoms with E-state index in [2.05, 4.69) is 24.0 Å². The summed E-state index contributed by atoms with van der Waals surface area (Å²) in [5.41, 5.74) is 1.66. The van der Waals surface area contributed by atoms with E-state index in [1.807, 2.05) is 39.2 Å². The van der Waals surface area contributed by atoms with Crippen LogP contribution in [0.3, 0.4) is 0 Å². The molecular weight excluding hydrogens is 510 g/mol. The lowest BCUT2D eigenvalue weighted by atomic mass is 9.81. The Hall–Kier alpha value is -2.42. The predicted molar refractivity (Wildman–Crippen MR) is 150 cm³/mol. The number of aromatic amines is 1. The maximum Gasteiger partial charge on any atom is 0.259 e. The minimum absolute atomic E-state index is 0.166. The van der Waals surface area contributed by atoms with Gasteiger partial charge in [0, 0.05) is 46.6 Å². The molecule has 3 heterocycles. The molecule has 2 aromatic heterocycles. The van der Waals surface area contributed by atoms with E-state index in [0.717, 1.165) is 36.3 Å². The summed E-state index contributed by atoms with van der Waals surface area (Å²) < 4.78 is 14.5. The van der Waals surface area contributed by atoms with Crippen molar-refractivity contribution < 1.29 is 9.47 Å². The Kier molecular flexibility index (Phi) is 6.88. The third-order valence-corrected chi connectivity index (χ3v) is 9.26. The third-order valence-electron chi connectivity index (χ3n) is 8.08. The molecule has 5 rings (SSSR count). The molecule has 198 valence electrons. The van der Waals surface area contributed by atoms with Gasteiger partial charge in [-0.15, -0.1) is 11.8 Å². The number of ether oxygens (including phenoxy) is 2. The number of fused-ring (bicyclic) bond motifs is 2. The normalized spacial score (nSPS) is 23.2. The Morgan fingerprint density at radius 3 is 2.49 bits per heavy atom. The summed E-state index contributed by atoms with van der Waals surface area (Å²) in [4.78, 5) is 32.4. The van der Waals surface area contributed by atoms with Crippen molar-refractivity contribution >= 4 is 34.1 Å².